The Kier molecular flexibility index (Phi) is 3.67. The third-order valence-electron chi connectivity index (χ3n) is 2.55. The van der Waals surface area contributed by atoms with Gasteiger partial charge in [-0.15, -0.1) is 0 Å². The van der Waals surface area contributed by atoms with Gasteiger partial charge in [0.15, 0.2) is 0 Å². The quantitative estimate of drug-likeness (QED) is 0.769. The van der Waals surface area contributed by atoms with Crippen LogP contribution in [0.1, 0.15) is 12.0 Å². The lowest BCUT2D eigenvalue weighted by molar-refractivity contribution is -0.136. The highest BCUT2D eigenvalue weighted by atomic mass is 16.4. The van der Waals surface area contributed by atoms with Gasteiger partial charge in [-0.2, -0.15) is 0 Å². The number of aliphatic carboxylic acids is 1. The van der Waals surface area contributed by atoms with Gasteiger partial charge in [-0.05, 0) is 23.1 Å². The summed E-state index contributed by atoms with van der Waals surface area (Å²) in [5, 5.41) is 13.9. The first-order valence-electron chi connectivity index (χ1n) is 5.51. The van der Waals surface area contributed by atoms with Crippen molar-refractivity contribution in [1.82, 2.24) is 10.3 Å². The number of rotatable bonds is 5. The highest BCUT2D eigenvalue weighted by molar-refractivity contribution is 5.81. The van der Waals surface area contributed by atoms with E-state index < -0.39 is 5.97 Å². The molecule has 17 heavy (non-hydrogen) atoms. The van der Waals surface area contributed by atoms with Crippen molar-refractivity contribution < 1.29 is 9.90 Å². The molecule has 2 rings (SSSR count). The van der Waals surface area contributed by atoms with Crippen molar-refractivity contribution in [3.05, 3.63) is 42.2 Å². The van der Waals surface area contributed by atoms with Crippen LogP contribution in [0.5, 0.6) is 0 Å². The molecule has 4 nitrogen and oxygen atoms in total. The molecule has 4 heteroatoms. The summed E-state index contributed by atoms with van der Waals surface area (Å²) in [6.07, 6.45) is 3.75. The van der Waals surface area contributed by atoms with Crippen LogP contribution in [-0.2, 0) is 11.3 Å². The van der Waals surface area contributed by atoms with Gasteiger partial charge in [-0.25, -0.2) is 0 Å². The number of carboxylic acids is 1. The molecule has 0 radical (unpaired) electrons. The zero-order chi connectivity index (χ0) is 12.1. The van der Waals surface area contributed by atoms with Gasteiger partial charge in [-0.1, -0.05) is 12.1 Å². The minimum Gasteiger partial charge on any atom is -0.481 e. The van der Waals surface area contributed by atoms with Crippen LogP contribution in [0.4, 0.5) is 0 Å². The average molecular weight is 230 g/mol. The largest absolute Gasteiger partial charge is 0.481 e. The molecule has 2 N–H and O–H groups in total. The first kappa shape index (κ1) is 11.5. The molecular weight excluding hydrogens is 216 g/mol. The number of carboxylic acid groups (broad SMARTS) is 1. The first-order chi connectivity index (χ1) is 8.25. The third kappa shape index (κ3) is 3.26. The smallest absolute Gasteiger partial charge is 0.304 e. The summed E-state index contributed by atoms with van der Waals surface area (Å²) in [5.74, 6) is -0.776. The Hall–Kier alpha value is -1.94. The molecule has 1 heterocycles. The normalized spacial score (nSPS) is 10.6. The minimum atomic E-state index is -0.776. The topological polar surface area (TPSA) is 62.2 Å². The van der Waals surface area contributed by atoms with E-state index in [4.69, 9.17) is 5.11 Å². The van der Waals surface area contributed by atoms with E-state index >= 15 is 0 Å². The fraction of sp³-hybridized carbons (Fsp3) is 0.231. The number of nitrogens with one attached hydrogen (secondary N) is 1. The standard InChI is InChI=1S/C13H14N2O2/c16-13(17)4-6-14-8-10-1-2-12-9-15-5-3-11(12)7-10/h1-3,5,7,9,14H,4,6,8H2,(H,16,17). The number of nitrogens with zero attached hydrogens (tertiary/aromatic N) is 1. The van der Waals surface area contributed by atoms with Gasteiger partial charge in [-0.3, -0.25) is 9.78 Å². The van der Waals surface area contributed by atoms with Crippen molar-refractivity contribution in [2.75, 3.05) is 6.54 Å². The van der Waals surface area contributed by atoms with E-state index in [-0.39, 0.29) is 6.42 Å². The van der Waals surface area contributed by atoms with E-state index in [1.54, 1.807) is 6.20 Å². The van der Waals surface area contributed by atoms with Crippen LogP contribution in [0.2, 0.25) is 0 Å². The number of aromatic nitrogens is 1. The van der Waals surface area contributed by atoms with Crippen molar-refractivity contribution >= 4 is 16.7 Å². The number of pyridine rings is 1. The van der Waals surface area contributed by atoms with Crippen molar-refractivity contribution in [3.63, 3.8) is 0 Å². The fourth-order valence-electron chi connectivity index (χ4n) is 1.67. The lowest BCUT2D eigenvalue weighted by atomic mass is 10.1. The summed E-state index contributed by atoms with van der Waals surface area (Å²) >= 11 is 0. The Balaban J connectivity index is 1.97. The second kappa shape index (κ2) is 5.41. The predicted octanol–water partition coefficient (Wildman–Crippen LogP) is 1.80. The molecule has 0 atom stereocenters. The van der Waals surface area contributed by atoms with E-state index in [9.17, 15) is 4.79 Å². The second-order valence-electron chi connectivity index (χ2n) is 3.88. The van der Waals surface area contributed by atoms with Crippen LogP contribution >= 0.6 is 0 Å². The summed E-state index contributed by atoms with van der Waals surface area (Å²) in [7, 11) is 0. The monoisotopic (exact) mass is 230 g/mol. The van der Waals surface area contributed by atoms with Crippen LogP contribution in [0.25, 0.3) is 10.8 Å². The number of fused-ring (bicyclic) bond motifs is 1. The van der Waals surface area contributed by atoms with Gasteiger partial charge in [0.25, 0.3) is 0 Å². The number of benzene rings is 1. The molecule has 88 valence electrons. The van der Waals surface area contributed by atoms with Gasteiger partial charge in [0.1, 0.15) is 0 Å². The SMILES string of the molecule is O=C(O)CCNCc1ccc2cnccc2c1. The van der Waals surface area contributed by atoms with Crippen molar-refractivity contribution in [2.45, 2.75) is 13.0 Å². The maximum atomic E-state index is 10.3. The van der Waals surface area contributed by atoms with Crippen LogP contribution in [-0.4, -0.2) is 22.6 Å². The summed E-state index contributed by atoms with van der Waals surface area (Å²) in [6.45, 7) is 1.18. The van der Waals surface area contributed by atoms with Crippen LogP contribution in [0, 0.1) is 0 Å². The molecule has 0 aliphatic rings. The summed E-state index contributed by atoms with van der Waals surface area (Å²) in [6, 6.07) is 8.11. The molecule has 0 saturated carbocycles. The molecular formula is C13H14N2O2. The molecule has 0 saturated heterocycles. The zero-order valence-corrected chi connectivity index (χ0v) is 9.39. The van der Waals surface area contributed by atoms with Gasteiger partial charge in [0.05, 0.1) is 6.42 Å². The van der Waals surface area contributed by atoms with E-state index in [1.165, 1.54) is 0 Å². The van der Waals surface area contributed by atoms with E-state index in [1.807, 2.05) is 24.4 Å². The summed E-state index contributed by atoms with van der Waals surface area (Å²) in [5.41, 5.74) is 1.15. The maximum absolute atomic E-state index is 10.3. The van der Waals surface area contributed by atoms with Gasteiger partial charge in [0.2, 0.25) is 0 Å². The van der Waals surface area contributed by atoms with Gasteiger partial charge >= 0.3 is 5.97 Å². The van der Waals surface area contributed by atoms with Crippen molar-refractivity contribution in [2.24, 2.45) is 0 Å². The lowest BCUT2D eigenvalue weighted by Crippen LogP contribution is -2.17. The van der Waals surface area contributed by atoms with Crippen molar-refractivity contribution in [1.29, 1.82) is 0 Å². The number of hydrogen-bond acceptors (Lipinski definition) is 3. The van der Waals surface area contributed by atoms with E-state index in [0.29, 0.717) is 13.1 Å². The molecule has 0 aliphatic carbocycles. The highest BCUT2D eigenvalue weighted by Crippen LogP contribution is 2.14. The lowest BCUT2D eigenvalue weighted by Gasteiger charge is -2.04. The molecule has 0 amide bonds. The average Bonchev–Trinajstić information content (AvgIpc) is 2.34. The Morgan fingerprint density at radius 3 is 3.00 bits per heavy atom. The molecule has 1 aromatic heterocycles. The van der Waals surface area contributed by atoms with E-state index in [0.717, 1.165) is 16.3 Å². The molecule has 1 aromatic carbocycles. The Morgan fingerprint density at radius 2 is 2.18 bits per heavy atom. The van der Waals surface area contributed by atoms with Crippen LogP contribution in [0.15, 0.2) is 36.7 Å². The molecule has 2 aromatic rings. The predicted molar refractivity (Wildman–Crippen MR) is 65.7 cm³/mol. The summed E-state index contributed by atoms with van der Waals surface area (Å²) < 4.78 is 0. The fourth-order valence-corrected chi connectivity index (χ4v) is 1.67. The number of carbonyl (C=O) groups is 1. The third-order valence-corrected chi connectivity index (χ3v) is 2.55. The molecule has 0 aliphatic heterocycles. The Labute approximate surface area is 99.3 Å². The molecule has 0 bridgehead atoms. The minimum absolute atomic E-state index is 0.150. The number of hydrogen-bond donors (Lipinski definition) is 2. The summed E-state index contributed by atoms with van der Waals surface area (Å²) in [4.78, 5) is 14.4. The van der Waals surface area contributed by atoms with Crippen molar-refractivity contribution in [3.8, 4) is 0 Å². The molecule has 0 fully saturated rings. The molecule has 0 spiro atoms. The van der Waals surface area contributed by atoms with Crippen LogP contribution < -0.4 is 5.32 Å². The van der Waals surface area contributed by atoms with Gasteiger partial charge < -0.3 is 10.4 Å². The van der Waals surface area contributed by atoms with Crippen LogP contribution in [0.3, 0.4) is 0 Å². The second-order valence-corrected chi connectivity index (χ2v) is 3.88. The van der Waals surface area contributed by atoms with E-state index in [2.05, 4.69) is 16.4 Å². The maximum Gasteiger partial charge on any atom is 0.304 e. The first-order valence-corrected chi connectivity index (χ1v) is 5.51. The zero-order valence-electron chi connectivity index (χ0n) is 9.39. The van der Waals surface area contributed by atoms with Gasteiger partial charge in [0, 0.05) is 30.9 Å². The molecule has 0 unspecified atom stereocenters. The Bertz CT molecular complexity index is 526. The Morgan fingerprint density at radius 1 is 1.29 bits per heavy atom. The highest BCUT2D eigenvalue weighted by Gasteiger charge is 1.98.